The van der Waals surface area contributed by atoms with Crippen molar-refractivity contribution in [3.05, 3.63) is 60.7 Å². The van der Waals surface area contributed by atoms with Gasteiger partial charge in [0.2, 0.25) is 0 Å². The predicted octanol–water partition coefficient (Wildman–Crippen LogP) is 4.29. The SMILES string of the molecule is C=CCSc1ccccc1NCc1ccc(O)c(OC)c1. The molecule has 0 atom stereocenters. The summed E-state index contributed by atoms with van der Waals surface area (Å²) in [6.45, 7) is 4.42. The van der Waals surface area contributed by atoms with E-state index in [4.69, 9.17) is 4.74 Å². The van der Waals surface area contributed by atoms with Crippen molar-refractivity contribution in [3.8, 4) is 11.5 Å². The van der Waals surface area contributed by atoms with E-state index in [2.05, 4.69) is 24.0 Å². The second-order valence-electron chi connectivity index (χ2n) is 4.46. The van der Waals surface area contributed by atoms with Crippen LogP contribution in [0.4, 0.5) is 5.69 Å². The summed E-state index contributed by atoms with van der Waals surface area (Å²) in [4.78, 5) is 1.20. The number of anilines is 1. The summed E-state index contributed by atoms with van der Waals surface area (Å²) < 4.78 is 5.12. The molecule has 3 nitrogen and oxygen atoms in total. The maximum atomic E-state index is 9.60. The lowest BCUT2D eigenvalue weighted by Gasteiger charge is -2.12. The molecular weight excluding hydrogens is 282 g/mol. The molecule has 0 aliphatic carbocycles. The van der Waals surface area contributed by atoms with E-state index in [1.807, 2.05) is 30.3 Å². The van der Waals surface area contributed by atoms with Gasteiger partial charge in [-0.3, -0.25) is 0 Å². The summed E-state index contributed by atoms with van der Waals surface area (Å²) in [6, 6.07) is 13.6. The van der Waals surface area contributed by atoms with E-state index in [1.165, 1.54) is 4.90 Å². The third-order valence-electron chi connectivity index (χ3n) is 2.97. The van der Waals surface area contributed by atoms with Crippen LogP contribution in [0.15, 0.2) is 60.0 Å². The Morgan fingerprint density at radius 1 is 1.29 bits per heavy atom. The van der Waals surface area contributed by atoms with E-state index in [9.17, 15) is 5.11 Å². The molecule has 4 heteroatoms. The topological polar surface area (TPSA) is 41.5 Å². The molecule has 0 bridgehead atoms. The first-order valence-electron chi connectivity index (χ1n) is 6.67. The highest BCUT2D eigenvalue weighted by molar-refractivity contribution is 7.99. The van der Waals surface area contributed by atoms with Crippen LogP contribution in [0.25, 0.3) is 0 Å². The van der Waals surface area contributed by atoms with Crippen molar-refractivity contribution in [2.75, 3.05) is 18.2 Å². The molecule has 0 saturated carbocycles. The van der Waals surface area contributed by atoms with Crippen LogP contribution in [0.1, 0.15) is 5.56 Å². The fourth-order valence-electron chi connectivity index (χ4n) is 1.92. The minimum atomic E-state index is 0.156. The first kappa shape index (κ1) is 15.3. The molecule has 2 aromatic carbocycles. The van der Waals surface area contributed by atoms with Gasteiger partial charge < -0.3 is 15.2 Å². The number of rotatable bonds is 7. The van der Waals surface area contributed by atoms with Gasteiger partial charge in [-0.1, -0.05) is 24.3 Å². The van der Waals surface area contributed by atoms with Crippen molar-refractivity contribution < 1.29 is 9.84 Å². The molecule has 110 valence electrons. The lowest BCUT2D eigenvalue weighted by atomic mass is 10.2. The van der Waals surface area contributed by atoms with E-state index >= 15 is 0 Å². The number of thioether (sulfide) groups is 1. The first-order valence-corrected chi connectivity index (χ1v) is 7.65. The number of methoxy groups -OCH3 is 1. The standard InChI is InChI=1S/C17H19NO2S/c1-3-10-21-17-7-5-4-6-14(17)18-12-13-8-9-15(19)16(11-13)20-2/h3-9,11,18-19H,1,10,12H2,2H3. The molecule has 0 aliphatic heterocycles. The highest BCUT2D eigenvalue weighted by Crippen LogP contribution is 2.29. The van der Waals surface area contributed by atoms with Crippen LogP contribution in [-0.4, -0.2) is 18.0 Å². The van der Waals surface area contributed by atoms with E-state index in [-0.39, 0.29) is 5.75 Å². The molecule has 2 N–H and O–H groups in total. The second-order valence-corrected chi connectivity index (χ2v) is 5.52. The normalized spacial score (nSPS) is 10.1. The molecule has 0 unspecified atom stereocenters. The smallest absolute Gasteiger partial charge is 0.160 e. The van der Waals surface area contributed by atoms with Gasteiger partial charge in [0.25, 0.3) is 0 Å². The zero-order valence-corrected chi connectivity index (χ0v) is 12.8. The lowest BCUT2D eigenvalue weighted by Crippen LogP contribution is -2.01. The Morgan fingerprint density at radius 3 is 2.86 bits per heavy atom. The van der Waals surface area contributed by atoms with Crippen molar-refractivity contribution in [1.29, 1.82) is 0 Å². The Morgan fingerprint density at radius 2 is 2.10 bits per heavy atom. The Hall–Kier alpha value is -2.07. The largest absolute Gasteiger partial charge is 0.504 e. The third kappa shape index (κ3) is 4.20. The van der Waals surface area contributed by atoms with Gasteiger partial charge in [0.1, 0.15) is 0 Å². The Balaban J connectivity index is 2.07. The highest BCUT2D eigenvalue weighted by Gasteiger charge is 2.04. The minimum absolute atomic E-state index is 0.156. The van der Waals surface area contributed by atoms with Gasteiger partial charge in [-0.15, -0.1) is 18.3 Å². The number of nitrogens with one attached hydrogen (secondary N) is 1. The molecule has 0 aliphatic rings. The van der Waals surface area contributed by atoms with Crippen LogP contribution >= 0.6 is 11.8 Å². The number of phenols is 1. The second kappa shape index (κ2) is 7.64. The Labute approximate surface area is 129 Å². The average molecular weight is 301 g/mol. The summed E-state index contributed by atoms with van der Waals surface area (Å²) in [5.41, 5.74) is 2.14. The van der Waals surface area contributed by atoms with E-state index < -0.39 is 0 Å². The third-order valence-corrected chi connectivity index (χ3v) is 4.04. The van der Waals surface area contributed by atoms with Crippen LogP contribution < -0.4 is 10.1 Å². The lowest BCUT2D eigenvalue weighted by molar-refractivity contribution is 0.373. The molecule has 0 aromatic heterocycles. The van der Waals surface area contributed by atoms with E-state index in [0.717, 1.165) is 17.0 Å². The van der Waals surface area contributed by atoms with Gasteiger partial charge in [0.05, 0.1) is 7.11 Å². The summed E-state index contributed by atoms with van der Waals surface area (Å²) in [5.74, 6) is 1.53. The maximum Gasteiger partial charge on any atom is 0.160 e. The van der Waals surface area contributed by atoms with E-state index in [1.54, 1.807) is 24.9 Å². The minimum Gasteiger partial charge on any atom is -0.504 e. The van der Waals surface area contributed by atoms with Crippen LogP contribution in [0.5, 0.6) is 11.5 Å². The summed E-state index contributed by atoms with van der Waals surface area (Å²) >= 11 is 1.75. The Bertz CT molecular complexity index is 613. The molecular formula is C17H19NO2S. The van der Waals surface area contributed by atoms with Crippen molar-refractivity contribution in [2.24, 2.45) is 0 Å². The van der Waals surface area contributed by atoms with Crippen molar-refractivity contribution in [3.63, 3.8) is 0 Å². The van der Waals surface area contributed by atoms with Gasteiger partial charge in [0.15, 0.2) is 11.5 Å². The van der Waals surface area contributed by atoms with Crippen molar-refractivity contribution in [1.82, 2.24) is 0 Å². The molecule has 0 spiro atoms. The van der Waals surface area contributed by atoms with Crippen molar-refractivity contribution >= 4 is 17.4 Å². The molecule has 21 heavy (non-hydrogen) atoms. The zero-order valence-electron chi connectivity index (χ0n) is 12.0. The number of hydrogen-bond donors (Lipinski definition) is 2. The van der Waals surface area contributed by atoms with Crippen LogP contribution in [-0.2, 0) is 6.54 Å². The van der Waals surface area contributed by atoms with Crippen LogP contribution in [0.2, 0.25) is 0 Å². The van der Waals surface area contributed by atoms with Gasteiger partial charge in [0, 0.05) is 22.9 Å². The van der Waals surface area contributed by atoms with E-state index in [0.29, 0.717) is 12.3 Å². The first-order chi connectivity index (χ1) is 10.2. The van der Waals surface area contributed by atoms with Crippen LogP contribution in [0.3, 0.4) is 0 Å². The van der Waals surface area contributed by atoms with Gasteiger partial charge in [-0.25, -0.2) is 0 Å². The fraction of sp³-hybridized carbons (Fsp3) is 0.176. The number of hydrogen-bond acceptors (Lipinski definition) is 4. The van der Waals surface area contributed by atoms with Crippen LogP contribution in [0, 0.1) is 0 Å². The molecule has 2 aromatic rings. The number of ether oxygens (including phenoxy) is 1. The zero-order chi connectivity index (χ0) is 15.1. The maximum absolute atomic E-state index is 9.60. The molecule has 0 saturated heterocycles. The number of benzene rings is 2. The van der Waals surface area contributed by atoms with Gasteiger partial charge in [-0.05, 0) is 29.8 Å². The predicted molar refractivity (Wildman–Crippen MR) is 89.3 cm³/mol. The number of aromatic hydroxyl groups is 1. The monoisotopic (exact) mass is 301 g/mol. The average Bonchev–Trinajstić information content (AvgIpc) is 2.53. The molecule has 0 radical (unpaired) electrons. The quantitative estimate of drug-likeness (QED) is 0.591. The summed E-state index contributed by atoms with van der Waals surface area (Å²) in [7, 11) is 1.55. The molecule has 0 fully saturated rings. The number of phenolic OH excluding ortho intramolecular Hbond substituents is 1. The fourth-order valence-corrected chi connectivity index (χ4v) is 2.68. The molecule has 0 amide bonds. The van der Waals surface area contributed by atoms with Gasteiger partial charge >= 0.3 is 0 Å². The highest BCUT2D eigenvalue weighted by atomic mass is 32.2. The van der Waals surface area contributed by atoms with Gasteiger partial charge in [-0.2, -0.15) is 0 Å². The Kier molecular flexibility index (Phi) is 5.58. The van der Waals surface area contributed by atoms with Crippen molar-refractivity contribution in [2.45, 2.75) is 11.4 Å². The molecule has 0 heterocycles. The number of para-hydroxylation sites is 1. The molecule has 2 rings (SSSR count). The summed E-state index contributed by atoms with van der Waals surface area (Å²) in [5, 5.41) is 13.0. The summed E-state index contributed by atoms with van der Waals surface area (Å²) in [6.07, 6.45) is 1.90.